The summed E-state index contributed by atoms with van der Waals surface area (Å²) < 4.78 is 47.6. The molecule has 1 fully saturated rings. The maximum atomic E-state index is 13.4. The van der Waals surface area contributed by atoms with E-state index < -0.39 is 29.2 Å². The fourth-order valence-corrected chi connectivity index (χ4v) is 5.09. The number of piperidine rings is 1. The standard InChI is InChI=1S/C25H28F3N5O4/c1-23(14-34)12-15-10-18(31-22(35)17-13-30-33-7-3-6-29-21(17)33)19(11-20(15)37-23)32-8-4-16(5-9-32)24(2,36)25(26,27)28/h3,6-7,10-11,13,16,34,36H,4-5,8-9,12,14H2,1-2H3,(H,31,35)/t23-,24?/m1/s1. The number of nitrogens with zero attached hydrogens (tertiary/aromatic N) is 4. The van der Waals surface area contributed by atoms with E-state index in [0.29, 0.717) is 29.2 Å². The molecule has 1 unspecified atom stereocenters. The highest BCUT2D eigenvalue weighted by Gasteiger charge is 2.55. The zero-order valence-corrected chi connectivity index (χ0v) is 20.4. The van der Waals surface area contributed by atoms with E-state index in [2.05, 4.69) is 15.4 Å². The van der Waals surface area contributed by atoms with Crippen molar-refractivity contribution in [2.24, 2.45) is 5.92 Å². The Morgan fingerprint density at radius 2 is 2.03 bits per heavy atom. The lowest BCUT2D eigenvalue weighted by Crippen LogP contribution is -2.52. The Hall–Kier alpha value is -3.38. The van der Waals surface area contributed by atoms with Gasteiger partial charge in [-0.1, -0.05) is 0 Å². The summed E-state index contributed by atoms with van der Waals surface area (Å²) in [5, 5.41) is 27.0. The minimum absolute atomic E-state index is 0.115. The van der Waals surface area contributed by atoms with Crippen molar-refractivity contribution in [2.75, 3.05) is 29.9 Å². The van der Waals surface area contributed by atoms with E-state index in [1.54, 1.807) is 37.5 Å². The Morgan fingerprint density at radius 3 is 2.70 bits per heavy atom. The van der Waals surface area contributed by atoms with Crippen LogP contribution in [0.2, 0.25) is 0 Å². The predicted molar refractivity (Wildman–Crippen MR) is 129 cm³/mol. The number of nitrogens with one attached hydrogen (secondary N) is 1. The van der Waals surface area contributed by atoms with Crippen LogP contribution in [0.25, 0.3) is 5.65 Å². The number of rotatable bonds is 5. The van der Waals surface area contributed by atoms with Gasteiger partial charge in [0.2, 0.25) is 0 Å². The Kier molecular flexibility index (Phi) is 6.06. The molecule has 0 bridgehead atoms. The number of aliphatic hydroxyl groups excluding tert-OH is 1. The largest absolute Gasteiger partial charge is 0.484 e. The normalized spacial score (nSPS) is 22.0. The summed E-state index contributed by atoms with van der Waals surface area (Å²) in [6.45, 7) is 2.88. The number of halogens is 3. The quantitative estimate of drug-likeness (QED) is 0.475. The maximum absolute atomic E-state index is 13.4. The molecule has 3 N–H and O–H groups in total. The SMILES string of the molecule is CC(O)(C1CCN(c2cc3c(cc2NC(=O)c2cnn4cccnc24)C[C@](C)(CO)O3)CC1)C(F)(F)F. The molecule has 2 aliphatic rings. The Balaban J connectivity index is 1.45. The molecule has 198 valence electrons. The van der Waals surface area contributed by atoms with Crippen molar-refractivity contribution in [3.63, 3.8) is 0 Å². The van der Waals surface area contributed by atoms with Gasteiger partial charge in [-0.15, -0.1) is 0 Å². The molecule has 1 aromatic carbocycles. The van der Waals surface area contributed by atoms with Crippen molar-refractivity contribution in [3.05, 3.63) is 47.9 Å². The summed E-state index contributed by atoms with van der Waals surface area (Å²) in [4.78, 5) is 19.4. The summed E-state index contributed by atoms with van der Waals surface area (Å²) in [6, 6.07) is 5.22. The van der Waals surface area contributed by atoms with Crippen LogP contribution in [0.3, 0.4) is 0 Å². The summed E-state index contributed by atoms with van der Waals surface area (Å²) in [7, 11) is 0. The highest BCUT2D eigenvalue weighted by Crippen LogP contribution is 2.45. The van der Waals surface area contributed by atoms with Crippen molar-refractivity contribution in [3.8, 4) is 5.75 Å². The molecule has 37 heavy (non-hydrogen) atoms. The van der Waals surface area contributed by atoms with Crippen LogP contribution >= 0.6 is 0 Å². The van der Waals surface area contributed by atoms with E-state index in [-0.39, 0.29) is 38.1 Å². The van der Waals surface area contributed by atoms with E-state index >= 15 is 0 Å². The van der Waals surface area contributed by atoms with Crippen LogP contribution < -0.4 is 15.0 Å². The molecule has 9 nitrogen and oxygen atoms in total. The van der Waals surface area contributed by atoms with Gasteiger partial charge in [0.05, 0.1) is 24.2 Å². The minimum atomic E-state index is -4.72. The van der Waals surface area contributed by atoms with Crippen LogP contribution in [-0.2, 0) is 6.42 Å². The zero-order valence-electron chi connectivity index (χ0n) is 20.4. The van der Waals surface area contributed by atoms with Crippen LogP contribution in [0.1, 0.15) is 42.6 Å². The lowest BCUT2D eigenvalue weighted by Gasteiger charge is -2.41. The van der Waals surface area contributed by atoms with Crippen LogP contribution in [0.5, 0.6) is 5.75 Å². The van der Waals surface area contributed by atoms with Gasteiger partial charge in [-0.2, -0.15) is 18.3 Å². The molecule has 0 saturated carbocycles. The van der Waals surface area contributed by atoms with Gasteiger partial charge in [-0.05, 0) is 44.7 Å². The van der Waals surface area contributed by atoms with Gasteiger partial charge in [0, 0.05) is 43.5 Å². The second kappa shape index (κ2) is 8.88. The van der Waals surface area contributed by atoms with Crippen molar-refractivity contribution in [2.45, 2.75) is 50.5 Å². The van der Waals surface area contributed by atoms with Crippen molar-refractivity contribution in [1.82, 2.24) is 14.6 Å². The smallest absolute Gasteiger partial charge is 0.417 e. The van der Waals surface area contributed by atoms with Crippen LogP contribution in [0.15, 0.2) is 36.8 Å². The molecule has 3 aromatic rings. The van der Waals surface area contributed by atoms with Gasteiger partial charge >= 0.3 is 6.18 Å². The topological polar surface area (TPSA) is 112 Å². The number of alkyl halides is 3. The molecule has 1 amide bonds. The average Bonchev–Trinajstić information content (AvgIpc) is 3.43. The van der Waals surface area contributed by atoms with Gasteiger partial charge in [0.1, 0.15) is 16.9 Å². The third-order valence-corrected chi connectivity index (χ3v) is 7.41. The Labute approximate surface area is 210 Å². The summed E-state index contributed by atoms with van der Waals surface area (Å²) in [5.41, 5.74) is -1.10. The summed E-state index contributed by atoms with van der Waals surface area (Å²) in [5.74, 6) is -0.838. The molecule has 0 spiro atoms. The molecule has 12 heteroatoms. The van der Waals surface area contributed by atoms with Gasteiger partial charge in [0.25, 0.3) is 5.91 Å². The first-order chi connectivity index (χ1) is 17.4. The number of carbonyl (C=O) groups is 1. The summed E-state index contributed by atoms with van der Waals surface area (Å²) in [6.07, 6.45) is 0.582. The second-order valence-electron chi connectivity index (χ2n) is 10.2. The fourth-order valence-electron chi connectivity index (χ4n) is 5.09. The van der Waals surface area contributed by atoms with E-state index in [1.807, 2.05) is 4.90 Å². The monoisotopic (exact) mass is 519 g/mol. The van der Waals surface area contributed by atoms with Gasteiger partial charge < -0.3 is 25.2 Å². The lowest BCUT2D eigenvalue weighted by atomic mass is 9.81. The predicted octanol–water partition coefficient (Wildman–Crippen LogP) is 3.20. The van der Waals surface area contributed by atoms with Gasteiger partial charge in [0.15, 0.2) is 11.2 Å². The molecule has 2 aliphatic heterocycles. The number of fused-ring (bicyclic) bond motifs is 2. The highest BCUT2D eigenvalue weighted by atomic mass is 19.4. The molecular formula is C25H28F3N5O4. The lowest BCUT2D eigenvalue weighted by molar-refractivity contribution is -0.273. The third-order valence-electron chi connectivity index (χ3n) is 7.41. The van der Waals surface area contributed by atoms with Gasteiger partial charge in [-0.25, -0.2) is 9.50 Å². The Morgan fingerprint density at radius 1 is 1.30 bits per heavy atom. The third kappa shape index (κ3) is 4.48. The molecule has 0 radical (unpaired) electrons. The van der Waals surface area contributed by atoms with Crippen molar-refractivity contribution < 1.29 is 32.9 Å². The van der Waals surface area contributed by atoms with Crippen molar-refractivity contribution in [1.29, 1.82) is 0 Å². The highest BCUT2D eigenvalue weighted by molar-refractivity contribution is 6.09. The van der Waals surface area contributed by atoms with E-state index in [1.165, 1.54) is 10.7 Å². The first-order valence-corrected chi connectivity index (χ1v) is 12.0. The van der Waals surface area contributed by atoms with Crippen LogP contribution in [-0.4, -0.2) is 67.8 Å². The molecule has 4 heterocycles. The summed E-state index contributed by atoms with van der Waals surface area (Å²) >= 11 is 0. The average molecular weight is 520 g/mol. The first kappa shape index (κ1) is 25.3. The molecule has 2 atom stereocenters. The van der Waals surface area contributed by atoms with Crippen LogP contribution in [0, 0.1) is 5.92 Å². The first-order valence-electron chi connectivity index (χ1n) is 12.0. The number of aliphatic hydroxyl groups is 2. The number of hydrogen-bond donors (Lipinski definition) is 3. The number of aromatic nitrogens is 3. The van der Waals surface area contributed by atoms with Crippen LogP contribution in [0.4, 0.5) is 24.5 Å². The number of anilines is 2. The number of ether oxygens (including phenoxy) is 1. The fraction of sp³-hybridized carbons (Fsp3) is 0.480. The zero-order chi connectivity index (χ0) is 26.6. The number of carbonyl (C=O) groups excluding carboxylic acids is 1. The molecule has 2 aromatic heterocycles. The Bertz CT molecular complexity index is 1330. The number of hydrogen-bond acceptors (Lipinski definition) is 7. The number of benzene rings is 1. The van der Waals surface area contributed by atoms with Crippen molar-refractivity contribution >= 4 is 22.9 Å². The van der Waals surface area contributed by atoms with E-state index in [9.17, 15) is 28.2 Å². The molecular weight excluding hydrogens is 491 g/mol. The van der Waals surface area contributed by atoms with E-state index in [0.717, 1.165) is 12.5 Å². The van der Waals surface area contributed by atoms with Gasteiger partial charge in [-0.3, -0.25) is 4.79 Å². The molecule has 0 aliphatic carbocycles. The second-order valence-corrected chi connectivity index (χ2v) is 10.2. The van der Waals surface area contributed by atoms with E-state index in [4.69, 9.17) is 4.74 Å². The minimum Gasteiger partial charge on any atom is -0.484 e. The molecule has 5 rings (SSSR count). The number of amides is 1. The molecule has 1 saturated heterocycles. The maximum Gasteiger partial charge on any atom is 0.417 e.